The van der Waals surface area contributed by atoms with Crippen LogP contribution in [0.5, 0.6) is 0 Å². The summed E-state index contributed by atoms with van der Waals surface area (Å²) in [4.78, 5) is 20.6. The van der Waals surface area contributed by atoms with Gasteiger partial charge in [-0.1, -0.05) is 0 Å². The standard InChI is InChI=1S/C9H11N3O2/c1-9(8(13)14)4-12(5-9)7-2-3-10-6-11-7/h2-3,6H,4-5H2,1H3,(H,13,14). The van der Waals surface area contributed by atoms with Gasteiger partial charge in [0, 0.05) is 19.3 Å². The van der Waals surface area contributed by atoms with Crippen molar-refractivity contribution in [3.63, 3.8) is 0 Å². The van der Waals surface area contributed by atoms with Crippen LogP contribution in [0.4, 0.5) is 5.82 Å². The largest absolute Gasteiger partial charge is 0.481 e. The summed E-state index contributed by atoms with van der Waals surface area (Å²) in [5.74, 6) is 0.0431. The van der Waals surface area contributed by atoms with Crippen LogP contribution in [0.2, 0.25) is 0 Å². The van der Waals surface area contributed by atoms with Crippen molar-refractivity contribution >= 4 is 11.8 Å². The molecule has 0 unspecified atom stereocenters. The summed E-state index contributed by atoms with van der Waals surface area (Å²) in [6, 6.07) is 1.78. The molecule has 0 saturated carbocycles. The first-order valence-electron chi connectivity index (χ1n) is 4.36. The van der Waals surface area contributed by atoms with Crippen LogP contribution >= 0.6 is 0 Å². The molecule has 0 bridgehead atoms. The highest BCUT2D eigenvalue weighted by Crippen LogP contribution is 2.32. The first kappa shape index (κ1) is 8.93. The number of anilines is 1. The Morgan fingerprint density at radius 1 is 1.64 bits per heavy atom. The van der Waals surface area contributed by atoms with Crippen LogP contribution in [-0.4, -0.2) is 34.1 Å². The third kappa shape index (κ3) is 1.30. The number of rotatable bonds is 2. The number of nitrogens with zero attached hydrogens (tertiary/aromatic N) is 3. The fourth-order valence-electron chi connectivity index (χ4n) is 1.56. The molecular formula is C9H11N3O2. The number of aromatic nitrogens is 2. The quantitative estimate of drug-likeness (QED) is 0.735. The number of carboxylic acid groups (broad SMARTS) is 1. The van der Waals surface area contributed by atoms with Crippen molar-refractivity contribution in [1.29, 1.82) is 0 Å². The first-order valence-corrected chi connectivity index (χ1v) is 4.36. The molecule has 14 heavy (non-hydrogen) atoms. The predicted molar refractivity (Wildman–Crippen MR) is 50.0 cm³/mol. The second kappa shape index (κ2) is 2.94. The lowest BCUT2D eigenvalue weighted by molar-refractivity contribution is -0.149. The number of hydrogen-bond acceptors (Lipinski definition) is 4. The molecule has 5 heteroatoms. The van der Waals surface area contributed by atoms with E-state index >= 15 is 0 Å². The van der Waals surface area contributed by atoms with E-state index in [1.165, 1.54) is 6.33 Å². The monoisotopic (exact) mass is 193 g/mol. The number of carboxylic acids is 1. The Hall–Kier alpha value is -1.65. The normalized spacial score (nSPS) is 18.8. The van der Waals surface area contributed by atoms with Gasteiger partial charge in [0.2, 0.25) is 0 Å². The van der Waals surface area contributed by atoms with Crippen LogP contribution in [0.1, 0.15) is 6.92 Å². The molecule has 5 nitrogen and oxygen atoms in total. The van der Waals surface area contributed by atoms with Gasteiger partial charge in [-0.3, -0.25) is 4.79 Å². The highest BCUT2D eigenvalue weighted by atomic mass is 16.4. The predicted octanol–water partition coefficient (Wildman–Crippen LogP) is 0.387. The molecular weight excluding hydrogens is 182 g/mol. The SMILES string of the molecule is CC1(C(=O)O)CN(c2ccncn2)C1. The summed E-state index contributed by atoms with van der Waals surface area (Å²) >= 11 is 0. The molecule has 1 fully saturated rings. The van der Waals surface area contributed by atoms with Gasteiger partial charge in [0.15, 0.2) is 0 Å². The lowest BCUT2D eigenvalue weighted by Gasteiger charge is -2.45. The van der Waals surface area contributed by atoms with E-state index in [1.807, 2.05) is 4.90 Å². The molecule has 1 aliphatic rings. The van der Waals surface area contributed by atoms with Gasteiger partial charge in [0.25, 0.3) is 0 Å². The second-order valence-corrected chi connectivity index (χ2v) is 3.79. The first-order chi connectivity index (χ1) is 6.62. The number of hydrogen-bond donors (Lipinski definition) is 1. The van der Waals surface area contributed by atoms with Gasteiger partial charge in [-0.2, -0.15) is 0 Å². The van der Waals surface area contributed by atoms with E-state index in [4.69, 9.17) is 5.11 Å². The smallest absolute Gasteiger partial charge is 0.312 e. The Morgan fingerprint density at radius 2 is 2.36 bits per heavy atom. The van der Waals surface area contributed by atoms with Crippen LogP contribution in [0, 0.1) is 5.41 Å². The van der Waals surface area contributed by atoms with E-state index in [0.29, 0.717) is 13.1 Å². The molecule has 0 aliphatic carbocycles. The summed E-state index contributed by atoms with van der Waals surface area (Å²) < 4.78 is 0. The lowest BCUT2D eigenvalue weighted by Crippen LogP contribution is -2.59. The van der Waals surface area contributed by atoms with E-state index in [2.05, 4.69) is 9.97 Å². The van der Waals surface area contributed by atoms with Crippen LogP contribution in [0.15, 0.2) is 18.6 Å². The molecule has 74 valence electrons. The Bertz CT molecular complexity index is 346. The molecule has 1 aromatic heterocycles. The summed E-state index contributed by atoms with van der Waals surface area (Å²) in [6.07, 6.45) is 3.12. The van der Waals surface area contributed by atoms with Crippen molar-refractivity contribution in [2.75, 3.05) is 18.0 Å². The van der Waals surface area contributed by atoms with E-state index in [1.54, 1.807) is 19.2 Å². The number of carbonyl (C=O) groups is 1. The highest BCUT2D eigenvalue weighted by Gasteiger charge is 2.45. The van der Waals surface area contributed by atoms with E-state index in [0.717, 1.165) is 5.82 Å². The Kier molecular flexibility index (Phi) is 1.87. The molecule has 1 aliphatic heterocycles. The summed E-state index contributed by atoms with van der Waals surface area (Å²) in [5.41, 5.74) is -0.620. The van der Waals surface area contributed by atoms with Crippen molar-refractivity contribution in [3.05, 3.63) is 18.6 Å². The average Bonchev–Trinajstić information content (AvgIpc) is 2.14. The fourth-order valence-corrected chi connectivity index (χ4v) is 1.56. The second-order valence-electron chi connectivity index (χ2n) is 3.79. The van der Waals surface area contributed by atoms with Crippen molar-refractivity contribution in [1.82, 2.24) is 9.97 Å². The van der Waals surface area contributed by atoms with Gasteiger partial charge in [-0.15, -0.1) is 0 Å². The van der Waals surface area contributed by atoms with Crippen molar-refractivity contribution in [2.24, 2.45) is 5.41 Å². The molecule has 0 spiro atoms. The molecule has 0 aromatic carbocycles. The van der Waals surface area contributed by atoms with Gasteiger partial charge in [0.1, 0.15) is 12.1 Å². The molecule has 0 atom stereocenters. The maximum absolute atomic E-state index is 10.8. The summed E-state index contributed by atoms with van der Waals surface area (Å²) in [6.45, 7) is 2.77. The third-order valence-electron chi connectivity index (χ3n) is 2.49. The molecule has 2 heterocycles. The van der Waals surface area contributed by atoms with Crippen LogP contribution in [0.25, 0.3) is 0 Å². The zero-order valence-electron chi connectivity index (χ0n) is 7.84. The van der Waals surface area contributed by atoms with Gasteiger partial charge in [-0.25, -0.2) is 9.97 Å². The number of aliphatic carboxylic acids is 1. The topological polar surface area (TPSA) is 66.3 Å². The molecule has 0 amide bonds. The van der Waals surface area contributed by atoms with Gasteiger partial charge < -0.3 is 10.0 Å². The zero-order valence-corrected chi connectivity index (χ0v) is 7.84. The highest BCUT2D eigenvalue weighted by molar-refractivity contribution is 5.78. The van der Waals surface area contributed by atoms with Gasteiger partial charge in [0.05, 0.1) is 5.41 Å². The van der Waals surface area contributed by atoms with E-state index in [9.17, 15) is 4.79 Å². The van der Waals surface area contributed by atoms with Gasteiger partial charge in [-0.05, 0) is 13.0 Å². The molecule has 0 radical (unpaired) electrons. The molecule has 1 N–H and O–H groups in total. The molecule has 1 saturated heterocycles. The van der Waals surface area contributed by atoms with Gasteiger partial charge >= 0.3 is 5.97 Å². The minimum absolute atomic E-state index is 0.513. The third-order valence-corrected chi connectivity index (χ3v) is 2.49. The summed E-state index contributed by atoms with van der Waals surface area (Å²) in [5, 5.41) is 8.90. The van der Waals surface area contributed by atoms with Crippen LogP contribution in [0.3, 0.4) is 0 Å². The Labute approximate surface area is 81.4 Å². The molecule has 2 rings (SSSR count). The maximum atomic E-state index is 10.8. The summed E-state index contributed by atoms with van der Waals surface area (Å²) in [7, 11) is 0. The Morgan fingerprint density at radius 3 is 2.86 bits per heavy atom. The average molecular weight is 193 g/mol. The Balaban J connectivity index is 2.05. The lowest BCUT2D eigenvalue weighted by atomic mass is 9.82. The van der Waals surface area contributed by atoms with Crippen LogP contribution in [-0.2, 0) is 4.79 Å². The van der Waals surface area contributed by atoms with Crippen molar-refractivity contribution in [2.45, 2.75) is 6.92 Å². The van der Waals surface area contributed by atoms with Crippen LogP contribution < -0.4 is 4.90 Å². The van der Waals surface area contributed by atoms with Crippen molar-refractivity contribution < 1.29 is 9.90 Å². The minimum atomic E-state index is -0.747. The minimum Gasteiger partial charge on any atom is -0.481 e. The fraction of sp³-hybridized carbons (Fsp3) is 0.444. The van der Waals surface area contributed by atoms with Crippen molar-refractivity contribution in [3.8, 4) is 0 Å². The maximum Gasteiger partial charge on any atom is 0.312 e. The molecule has 1 aromatic rings. The zero-order chi connectivity index (χ0) is 10.2. The van der Waals surface area contributed by atoms with E-state index in [-0.39, 0.29) is 0 Å². The van der Waals surface area contributed by atoms with E-state index < -0.39 is 11.4 Å².